The molecule has 0 saturated carbocycles. The molecule has 1 amide bonds. The van der Waals surface area contributed by atoms with Gasteiger partial charge in [0, 0.05) is 18.5 Å². The van der Waals surface area contributed by atoms with Crippen LogP contribution in [0.2, 0.25) is 0 Å². The fraction of sp³-hybridized carbons (Fsp3) is 0.391. The molecule has 0 fully saturated rings. The van der Waals surface area contributed by atoms with Gasteiger partial charge in [-0.05, 0) is 49.6 Å². The molecule has 0 saturated heterocycles. The first-order valence-electron chi connectivity index (χ1n) is 10.8. The summed E-state index contributed by atoms with van der Waals surface area (Å²) >= 11 is 0. The standard InChI is InChI=1S/C23H27N3O5S/c1-16(17-10-11-19-20(15-17)31-14-13-30-19)25-22(27)9-3-2-6-12-24-23-18-7-4-5-8-21(18)32(28,29)26-23/h4-5,7-8,10-11,15-16H,2-3,6,9,12-14H2,1H3,(H,24,26)(H,25,27). The monoisotopic (exact) mass is 457 g/mol. The number of hydrogen-bond acceptors (Lipinski definition) is 6. The van der Waals surface area contributed by atoms with Crippen molar-refractivity contribution in [3.63, 3.8) is 0 Å². The van der Waals surface area contributed by atoms with Gasteiger partial charge in [-0.15, -0.1) is 0 Å². The summed E-state index contributed by atoms with van der Waals surface area (Å²) in [6.45, 7) is 3.52. The van der Waals surface area contributed by atoms with Crippen molar-refractivity contribution in [2.75, 3.05) is 19.8 Å². The molecule has 0 radical (unpaired) electrons. The number of carbonyl (C=O) groups is 1. The SMILES string of the molecule is CC(NC(=O)CCCCCN=C1NS(=O)(=O)c2ccccc21)c1ccc2c(c1)OCCO2. The van der Waals surface area contributed by atoms with Gasteiger partial charge in [0.15, 0.2) is 11.5 Å². The largest absolute Gasteiger partial charge is 0.486 e. The van der Waals surface area contributed by atoms with E-state index in [1.807, 2.05) is 25.1 Å². The molecular weight excluding hydrogens is 430 g/mol. The molecule has 0 bridgehead atoms. The Hall–Kier alpha value is -3.07. The molecule has 0 aromatic heterocycles. The van der Waals surface area contributed by atoms with Crippen LogP contribution in [0.25, 0.3) is 0 Å². The summed E-state index contributed by atoms with van der Waals surface area (Å²) in [6, 6.07) is 12.4. The highest BCUT2D eigenvalue weighted by Crippen LogP contribution is 2.32. The van der Waals surface area contributed by atoms with E-state index in [4.69, 9.17) is 9.47 Å². The number of hydrogen-bond donors (Lipinski definition) is 2. The quantitative estimate of drug-likeness (QED) is 0.593. The summed E-state index contributed by atoms with van der Waals surface area (Å²) < 4.78 is 37.8. The Morgan fingerprint density at radius 3 is 2.72 bits per heavy atom. The van der Waals surface area contributed by atoms with Gasteiger partial charge in [-0.3, -0.25) is 14.5 Å². The first kappa shape index (κ1) is 22.1. The maximum absolute atomic E-state index is 12.3. The van der Waals surface area contributed by atoms with E-state index in [1.165, 1.54) is 0 Å². The van der Waals surface area contributed by atoms with Crippen molar-refractivity contribution >= 4 is 21.8 Å². The number of benzene rings is 2. The Balaban J connectivity index is 1.19. The first-order chi connectivity index (χ1) is 15.4. The molecule has 2 aliphatic rings. The van der Waals surface area contributed by atoms with Crippen LogP contribution in [-0.4, -0.2) is 39.9 Å². The van der Waals surface area contributed by atoms with Crippen LogP contribution >= 0.6 is 0 Å². The highest BCUT2D eigenvalue weighted by Gasteiger charge is 2.29. The van der Waals surface area contributed by atoms with E-state index >= 15 is 0 Å². The van der Waals surface area contributed by atoms with Crippen molar-refractivity contribution in [3.8, 4) is 11.5 Å². The van der Waals surface area contributed by atoms with E-state index in [1.54, 1.807) is 24.3 Å². The molecule has 8 nitrogen and oxygen atoms in total. The topological polar surface area (TPSA) is 106 Å². The van der Waals surface area contributed by atoms with Crippen LogP contribution in [0, 0.1) is 0 Å². The van der Waals surface area contributed by atoms with Gasteiger partial charge in [0.25, 0.3) is 10.0 Å². The van der Waals surface area contributed by atoms with Crippen LogP contribution in [0.1, 0.15) is 49.8 Å². The number of nitrogens with zero attached hydrogens (tertiary/aromatic N) is 1. The molecule has 2 heterocycles. The van der Waals surface area contributed by atoms with Crippen molar-refractivity contribution in [1.29, 1.82) is 0 Å². The lowest BCUT2D eigenvalue weighted by Crippen LogP contribution is -2.26. The number of rotatable bonds is 8. The minimum atomic E-state index is -3.50. The smallest absolute Gasteiger partial charge is 0.263 e. The Morgan fingerprint density at radius 2 is 1.88 bits per heavy atom. The zero-order chi connectivity index (χ0) is 22.6. The van der Waals surface area contributed by atoms with E-state index in [0.717, 1.165) is 30.6 Å². The highest BCUT2D eigenvalue weighted by molar-refractivity contribution is 7.90. The minimum Gasteiger partial charge on any atom is -0.486 e. The molecule has 2 N–H and O–H groups in total. The molecule has 4 rings (SSSR count). The van der Waals surface area contributed by atoms with Crippen molar-refractivity contribution in [1.82, 2.24) is 10.0 Å². The zero-order valence-corrected chi connectivity index (χ0v) is 18.8. The Morgan fingerprint density at radius 1 is 1.09 bits per heavy atom. The molecule has 9 heteroatoms. The maximum atomic E-state index is 12.3. The predicted molar refractivity (Wildman–Crippen MR) is 121 cm³/mol. The normalized spacial score (nSPS) is 18.0. The Bertz CT molecular complexity index is 1130. The number of sulfonamides is 1. The summed E-state index contributed by atoms with van der Waals surface area (Å²) in [4.78, 5) is 17.0. The average molecular weight is 458 g/mol. The van der Waals surface area contributed by atoms with Gasteiger partial charge in [-0.25, -0.2) is 8.42 Å². The van der Waals surface area contributed by atoms with Crippen LogP contribution in [0.4, 0.5) is 0 Å². The first-order valence-corrected chi connectivity index (χ1v) is 12.3. The van der Waals surface area contributed by atoms with Gasteiger partial charge in [0.2, 0.25) is 5.91 Å². The van der Waals surface area contributed by atoms with Gasteiger partial charge in [0.1, 0.15) is 19.0 Å². The number of nitrogens with one attached hydrogen (secondary N) is 2. The van der Waals surface area contributed by atoms with Crippen LogP contribution in [0.3, 0.4) is 0 Å². The lowest BCUT2D eigenvalue weighted by Gasteiger charge is -2.21. The molecular formula is C23H27N3O5S. The van der Waals surface area contributed by atoms with E-state index < -0.39 is 10.0 Å². The van der Waals surface area contributed by atoms with Crippen molar-refractivity contribution in [2.45, 2.75) is 43.5 Å². The van der Waals surface area contributed by atoms with Gasteiger partial charge in [-0.2, -0.15) is 0 Å². The lowest BCUT2D eigenvalue weighted by atomic mass is 10.1. The van der Waals surface area contributed by atoms with Crippen LogP contribution < -0.4 is 19.5 Å². The lowest BCUT2D eigenvalue weighted by molar-refractivity contribution is -0.121. The summed E-state index contributed by atoms with van der Waals surface area (Å²) in [5.74, 6) is 1.84. The van der Waals surface area contributed by atoms with Crippen LogP contribution in [0.15, 0.2) is 52.4 Å². The van der Waals surface area contributed by atoms with Gasteiger partial charge in [-0.1, -0.05) is 24.6 Å². The van der Waals surface area contributed by atoms with E-state index in [0.29, 0.717) is 43.3 Å². The zero-order valence-electron chi connectivity index (χ0n) is 18.0. The minimum absolute atomic E-state index is 0.00353. The second-order valence-corrected chi connectivity index (χ2v) is 9.49. The fourth-order valence-electron chi connectivity index (χ4n) is 3.74. The molecule has 0 aliphatic carbocycles. The van der Waals surface area contributed by atoms with E-state index in [9.17, 15) is 13.2 Å². The molecule has 2 aromatic carbocycles. The summed E-state index contributed by atoms with van der Waals surface area (Å²) in [5.41, 5.74) is 1.58. The number of amidine groups is 1. The summed E-state index contributed by atoms with van der Waals surface area (Å²) in [6.07, 6.45) is 2.78. The maximum Gasteiger partial charge on any atom is 0.263 e. The van der Waals surface area contributed by atoms with E-state index in [2.05, 4.69) is 15.0 Å². The number of fused-ring (bicyclic) bond motifs is 2. The summed E-state index contributed by atoms with van der Waals surface area (Å²) in [5, 5.41) is 3.02. The van der Waals surface area contributed by atoms with Crippen molar-refractivity contribution in [2.24, 2.45) is 4.99 Å². The number of carbonyl (C=O) groups excluding carboxylic acids is 1. The van der Waals surface area contributed by atoms with Crippen LogP contribution in [-0.2, 0) is 14.8 Å². The summed E-state index contributed by atoms with van der Waals surface area (Å²) in [7, 11) is -3.50. The molecule has 0 spiro atoms. The second kappa shape index (κ2) is 9.60. The molecule has 1 atom stereocenters. The third-order valence-electron chi connectivity index (χ3n) is 5.44. The predicted octanol–water partition coefficient (Wildman–Crippen LogP) is 2.93. The molecule has 170 valence electrons. The third kappa shape index (κ3) is 5.04. The number of amides is 1. The Kier molecular flexibility index (Phi) is 6.64. The number of unbranched alkanes of at least 4 members (excludes halogenated alkanes) is 2. The van der Waals surface area contributed by atoms with Crippen molar-refractivity contribution < 1.29 is 22.7 Å². The third-order valence-corrected chi connectivity index (χ3v) is 6.84. The molecule has 2 aromatic rings. The van der Waals surface area contributed by atoms with E-state index in [-0.39, 0.29) is 16.8 Å². The number of aliphatic imine (C=N–C) groups is 1. The second-order valence-electron chi connectivity index (χ2n) is 7.83. The van der Waals surface area contributed by atoms with Crippen LogP contribution in [0.5, 0.6) is 11.5 Å². The molecule has 2 aliphatic heterocycles. The van der Waals surface area contributed by atoms with Gasteiger partial charge in [0.05, 0.1) is 10.9 Å². The molecule has 1 unspecified atom stereocenters. The van der Waals surface area contributed by atoms with Crippen molar-refractivity contribution in [3.05, 3.63) is 53.6 Å². The fourth-order valence-corrected chi connectivity index (χ4v) is 4.99. The Labute approximate surface area is 188 Å². The highest BCUT2D eigenvalue weighted by atomic mass is 32.2. The molecule has 32 heavy (non-hydrogen) atoms. The average Bonchev–Trinajstić information content (AvgIpc) is 3.06. The van der Waals surface area contributed by atoms with Gasteiger partial charge >= 0.3 is 0 Å². The van der Waals surface area contributed by atoms with Gasteiger partial charge < -0.3 is 14.8 Å². The number of ether oxygens (including phenoxy) is 2.